The van der Waals surface area contributed by atoms with Crippen molar-refractivity contribution in [2.75, 3.05) is 5.73 Å². The molecule has 2 heterocycles. The van der Waals surface area contributed by atoms with Crippen LogP contribution in [0.4, 0.5) is 10.2 Å². The first kappa shape index (κ1) is 9.29. The molecule has 0 unspecified atom stereocenters. The van der Waals surface area contributed by atoms with Crippen molar-refractivity contribution in [3.8, 4) is 10.6 Å². The second-order valence-electron chi connectivity index (χ2n) is 3.28. The number of imidazole rings is 1. The molecule has 0 amide bonds. The molecule has 0 bridgehead atoms. The molecule has 0 saturated heterocycles. The summed E-state index contributed by atoms with van der Waals surface area (Å²) in [6.07, 6.45) is 1.61. The number of aromatic nitrogens is 3. The van der Waals surface area contributed by atoms with Gasteiger partial charge in [0.05, 0.1) is 6.20 Å². The smallest absolute Gasteiger partial charge is 0.214 e. The first-order chi connectivity index (χ1) is 7.74. The Balaban J connectivity index is 2.19. The lowest BCUT2D eigenvalue weighted by molar-refractivity contribution is 0.631. The third-order valence-electron chi connectivity index (χ3n) is 2.17. The van der Waals surface area contributed by atoms with Crippen LogP contribution < -0.4 is 5.73 Å². The Kier molecular flexibility index (Phi) is 1.90. The summed E-state index contributed by atoms with van der Waals surface area (Å²) in [6, 6.07) is 6.53. The van der Waals surface area contributed by atoms with Crippen LogP contribution in [-0.4, -0.2) is 14.6 Å². The Bertz CT molecular complexity index is 626. The van der Waals surface area contributed by atoms with E-state index in [1.54, 1.807) is 28.9 Å². The molecule has 0 saturated carbocycles. The third-order valence-corrected chi connectivity index (χ3v) is 3.12. The first-order valence-corrected chi connectivity index (χ1v) is 5.42. The van der Waals surface area contributed by atoms with Crippen molar-refractivity contribution in [3.05, 3.63) is 36.3 Å². The number of halogens is 1. The highest BCUT2D eigenvalue weighted by molar-refractivity contribution is 7.19. The van der Waals surface area contributed by atoms with E-state index in [1.165, 1.54) is 17.4 Å². The van der Waals surface area contributed by atoms with Crippen LogP contribution in [0.15, 0.2) is 30.5 Å². The van der Waals surface area contributed by atoms with Gasteiger partial charge in [0.15, 0.2) is 5.01 Å². The molecule has 2 aromatic heterocycles. The summed E-state index contributed by atoms with van der Waals surface area (Å²) in [6.45, 7) is 0. The summed E-state index contributed by atoms with van der Waals surface area (Å²) in [5.41, 5.74) is 6.00. The Morgan fingerprint density at radius 3 is 2.88 bits per heavy atom. The van der Waals surface area contributed by atoms with Gasteiger partial charge in [-0.25, -0.2) is 13.9 Å². The summed E-state index contributed by atoms with van der Waals surface area (Å²) in [4.78, 5) is 4.73. The van der Waals surface area contributed by atoms with Crippen molar-refractivity contribution in [2.24, 2.45) is 0 Å². The highest BCUT2D eigenvalue weighted by atomic mass is 32.1. The topological polar surface area (TPSA) is 56.2 Å². The third kappa shape index (κ3) is 1.35. The zero-order chi connectivity index (χ0) is 11.1. The van der Waals surface area contributed by atoms with Gasteiger partial charge >= 0.3 is 0 Å². The number of nitrogen functional groups attached to an aromatic ring is 1. The fourth-order valence-electron chi connectivity index (χ4n) is 1.46. The fourth-order valence-corrected chi connectivity index (χ4v) is 2.38. The van der Waals surface area contributed by atoms with E-state index in [1.807, 2.05) is 0 Å². The number of fused-ring (bicyclic) bond motifs is 1. The van der Waals surface area contributed by atoms with Gasteiger partial charge in [-0.2, -0.15) is 5.10 Å². The van der Waals surface area contributed by atoms with E-state index >= 15 is 0 Å². The van der Waals surface area contributed by atoms with Gasteiger partial charge in [0, 0.05) is 5.56 Å². The monoisotopic (exact) mass is 234 g/mol. The predicted molar refractivity (Wildman–Crippen MR) is 60.7 cm³/mol. The van der Waals surface area contributed by atoms with Crippen molar-refractivity contribution in [2.45, 2.75) is 0 Å². The van der Waals surface area contributed by atoms with E-state index in [0.717, 1.165) is 0 Å². The largest absolute Gasteiger partial charge is 0.382 e. The standard InChI is InChI=1S/C10H7FN4S/c11-7-4-2-1-3-6(7)9-14-15-5-8(12)13-10(15)16-9/h1-5H,12H2. The number of benzene rings is 1. The highest BCUT2D eigenvalue weighted by Gasteiger charge is 2.11. The van der Waals surface area contributed by atoms with Gasteiger partial charge < -0.3 is 5.73 Å². The van der Waals surface area contributed by atoms with Crippen molar-refractivity contribution in [1.29, 1.82) is 0 Å². The van der Waals surface area contributed by atoms with Gasteiger partial charge in [0.1, 0.15) is 11.6 Å². The minimum atomic E-state index is -0.285. The number of nitrogens with two attached hydrogens (primary N) is 1. The predicted octanol–water partition coefficient (Wildman–Crippen LogP) is 2.18. The molecule has 1 aromatic carbocycles. The average Bonchev–Trinajstić information content (AvgIpc) is 2.75. The van der Waals surface area contributed by atoms with Gasteiger partial charge in [0.2, 0.25) is 4.96 Å². The molecule has 0 aliphatic carbocycles. The van der Waals surface area contributed by atoms with Crippen LogP contribution >= 0.6 is 11.3 Å². The average molecular weight is 234 g/mol. The van der Waals surface area contributed by atoms with E-state index in [4.69, 9.17) is 5.73 Å². The first-order valence-electron chi connectivity index (χ1n) is 4.60. The second-order valence-corrected chi connectivity index (χ2v) is 4.24. The summed E-state index contributed by atoms with van der Waals surface area (Å²) < 4.78 is 15.1. The molecule has 0 aliphatic heterocycles. The molecule has 0 aliphatic rings. The lowest BCUT2D eigenvalue weighted by atomic mass is 10.2. The quantitative estimate of drug-likeness (QED) is 0.702. The minimum absolute atomic E-state index is 0.285. The van der Waals surface area contributed by atoms with Crippen molar-refractivity contribution < 1.29 is 4.39 Å². The molecular weight excluding hydrogens is 227 g/mol. The summed E-state index contributed by atoms with van der Waals surface area (Å²) in [7, 11) is 0. The maximum Gasteiger partial charge on any atom is 0.214 e. The summed E-state index contributed by atoms with van der Waals surface area (Å²) in [5.74, 6) is 0.131. The molecular formula is C10H7FN4S. The van der Waals surface area contributed by atoms with Gasteiger partial charge in [0.25, 0.3) is 0 Å². The van der Waals surface area contributed by atoms with Crippen LogP contribution in [0.2, 0.25) is 0 Å². The molecule has 2 N–H and O–H groups in total. The summed E-state index contributed by atoms with van der Waals surface area (Å²) in [5, 5.41) is 4.82. The fraction of sp³-hybridized carbons (Fsp3) is 0. The number of hydrogen-bond donors (Lipinski definition) is 1. The highest BCUT2D eigenvalue weighted by Crippen LogP contribution is 2.27. The van der Waals surface area contributed by atoms with Crippen molar-refractivity contribution in [3.63, 3.8) is 0 Å². The summed E-state index contributed by atoms with van der Waals surface area (Å²) >= 11 is 1.31. The van der Waals surface area contributed by atoms with Crippen LogP contribution in [0, 0.1) is 5.82 Å². The van der Waals surface area contributed by atoms with Crippen molar-refractivity contribution >= 4 is 22.1 Å². The van der Waals surface area contributed by atoms with Gasteiger partial charge in [-0.05, 0) is 12.1 Å². The van der Waals surface area contributed by atoms with E-state index in [9.17, 15) is 4.39 Å². The molecule has 0 radical (unpaired) electrons. The molecule has 6 heteroatoms. The Morgan fingerprint density at radius 1 is 1.31 bits per heavy atom. The number of rotatable bonds is 1. The molecule has 3 rings (SSSR count). The van der Waals surface area contributed by atoms with E-state index < -0.39 is 0 Å². The lowest BCUT2D eigenvalue weighted by Crippen LogP contribution is -1.86. The molecule has 4 nitrogen and oxygen atoms in total. The maximum atomic E-state index is 13.5. The zero-order valence-electron chi connectivity index (χ0n) is 8.09. The van der Waals surface area contributed by atoms with Crippen LogP contribution in [0.3, 0.4) is 0 Å². The van der Waals surface area contributed by atoms with Crippen molar-refractivity contribution in [1.82, 2.24) is 14.6 Å². The van der Waals surface area contributed by atoms with Gasteiger partial charge in [-0.3, -0.25) is 0 Å². The van der Waals surface area contributed by atoms with E-state index in [-0.39, 0.29) is 5.82 Å². The number of anilines is 1. The maximum absolute atomic E-state index is 13.5. The van der Waals surface area contributed by atoms with Gasteiger partial charge in [-0.1, -0.05) is 23.5 Å². The van der Waals surface area contributed by atoms with Crippen LogP contribution in [0.5, 0.6) is 0 Å². The van der Waals surface area contributed by atoms with Crippen LogP contribution in [-0.2, 0) is 0 Å². The second kappa shape index (κ2) is 3.28. The number of hydrogen-bond acceptors (Lipinski definition) is 4. The van der Waals surface area contributed by atoms with Gasteiger partial charge in [-0.15, -0.1) is 0 Å². The molecule has 80 valence electrons. The lowest BCUT2D eigenvalue weighted by Gasteiger charge is -1.95. The van der Waals surface area contributed by atoms with E-state index in [2.05, 4.69) is 10.1 Å². The SMILES string of the molecule is Nc1cn2nc(-c3ccccc3F)sc2n1. The molecule has 0 atom stereocenters. The Morgan fingerprint density at radius 2 is 2.12 bits per heavy atom. The molecule has 16 heavy (non-hydrogen) atoms. The Hall–Kier alpha value is -1.95. The zero-order valence-corrected chi connectivity index (χ0v) is 8.91. The molecule has 0 spiro atoms. The van der Waals surface area contributed by atoms with E-state index in [0.29, 0.717) is 21.3 Å². The Labute approximate surface area is 94.2 Å². The molecule has 3 aromatic rings. The normalized spacial score (nSPS) is 11.1. The minimum Gasteiger partial charge on any atom is -0.382 e. The number of nitrogens with zero attached hydrogens (tertiary/aromatic N) is 3. The molecule has 0 fully saturated rings. The van der Waals surface area contributed by atoms with Crippen LogP contribution in [0.25, 0.3) is 15.5 Å². The van der Waals surface area contributed by atoms with Crippen LogP contribution in [0.1, 0.15) is 0 Å².